The Morgan fingerprint density at radius 1 is 1.32 bits per heavy atom. The lowest BCUT2D eigenvalue weighted by Gasteiger charge is -2.24. The SMILES string of the molecule is Cc1c(CNC(=O)NCC(C)(O)c2ccccc2)cnn1C. The third-order valence-electron chi connectivity index (χ3n) is 3.77. The largest absolute Gasteiger partial charge is 0.384 e. The van der Waals surface area contributed by atoms with E-state index in [1.807, 2.05) is 44.3 Å². The summed E-state index contributed by atoms with van der Waals surface area (Å²) in [7, 11) is 1.86. The third kappa shape index (κ3) is 3.85. The number of aromatic nitrogens is 2. The molecule has 0 fully saturated rings. The van der Waals surface area contributed by atoms with Crippen molar-refractivity contribution >= 4 is 6.03 Å². The Morgan fingerprint density at radius 3 is 2.59 bits per heavy atom. The summed E-state index contributed by atoms with van der Waals surface area (Å²) in [6, 6.07) is 8.94. The van der Waals surface area contributed by atoms with Gasteiger partial charge in [0, 0.05) is 24.8 Å². The fourth-order valence-corrected chi connectivity index (χ4v) is 2.11. The quantitative estimate of drug-likeness (QED) is 0.782. The van der Waals surface area contributed by atoms with E-state index in [4.69, 9.17) is 0 Å². The van der Waals surface area contributed by atoms with E-state index in [0.717, 1.165) is 16.8 Å². The van der Waals surface area contributed by atoms with Crippen molar-refractivity contribution < 1.29 is 9.90 Å². The molecule has 0 bridgehead atoms. The lowest BCUT2D eigenvalue weighted by atomic mass is 9.96. The van der Waals surface area contributed by atoms with Gasteiger partial charge in [-0.15, -0.1) is 0 Å². The van der Waals surface area contributed by atoms with Gasteiger partial charge in [-0.05, 0) is 19.4 Å². The second kappa shape index (κ2) is 6.62. The minimum Gasteiger partial charge on any atom is -0.384 e. The molecule has 2 amide bonds. The van der Waals surface area contributed by atoms with E-state index in [1.165, 1.54) is 0 Å². The summed E-state index contributed by atoms with van der Waals surface area (Å²) in [4.78, 5) is 11.9. The molecule has 0 aliphatic rings. The molecule has 6 heteroatoms. The van der Waals surface area contributed by atoms with Crippen LogP contribution in [0.25, 0.3) is 0 Å². The van der Waals surface area contributed by atoms with Gasteiger partial charge in [-0.1, -0.05) is 30.3 Å². The maximum Gasteiger partial charge on any atom is 0.315 e. The molecular weight excluding hydrogens is 280 g/mol. The highest BCUT2D eigenvalue weighted by Crippen LogP contribution is 2.18. The van der Waals surface area contributed by atoms with Crippen LogP contribution >= 0.6 is 0 Å². The molecule has 118 valence electrons. The van der Waals surface area contributed by atoms with Gasteiger partial charge in [-0.25, -0.2) is 4.79 Å². The van der Waals surface area contributed by atoms with Crippen molar-refractivity contribution in [2.24, 2.45) is 7.05 Å². The van der Waals surface area contributed by atoms with E-state index >= 15 is 0 Å². The van der Waals surface area contributed by atoms with Gasteiger partial charge in [0.2, 0.25) is 0 Å². The first kappa shape index (κ1) is 16.0. The number of nitrogens with zero attached hydrogens (tertiary/aromatic N) is 2. The molecule has 2 rings (SSSR count). The van der Waals surface area contributed by atoms with Crippen LogP contribution in [0.5, 0.6) is 0 Å². The predicted octanol–water partition coefficient (Wildman–Crippen LogP) is 1.44. The van der Waals surface area contributed by atoms with Crippen molar-refractivity contribution in [3.63, 3.8) is 0 Å². The maximum atomic E-state index is 11.9. The van der Waals surface area contributed by atoms with Crippen LogP contribution in [0.2, 0.25) is 0 Å². The average molecular weight is 302 g/mol. The minimum absolute atomic E-state index is 0.134. The molecule has 1 atom stereocenters. The molecular formula is C16H22N4O2. The number of rotatable bonds is 5. The number of amides is 2. The molecule has 1 aromatic heterocycles. The summed E-state index contributed by atoms with van der Waals surface area (Å²) >= 11 is 0. The van der Waals surface area contributed by atoms with Gasteiger partial charge in [0.15, 0.2) is 0 Å². The Labute approximate surface area is 130 Å². The van der Waals surface area contributed by atoms with Crippen LogP contribution in [-0.4, -0.2) is 27.5 Å². The third-order valence-corrected chi connectivity index (χ3v) is 3.77. The van der Waals surface area contributed by atoms with E-state index in [2.05, 4.69) is 15.7 Å². The molecule has 3 N–H and O–H groups in total. The summed E-state index contributed by atoms with van der Waals surface area (Å²) in [6.45, 7) is 4.16. The van der Waals surface area contributed by atoms with Crippen LogP contribution in [0.1, 0.15) is 23.7 Å². The number of urea groups is 1. The van der Waals surface area contributed by atoms with E-state index in [-0.39, 0.29) is 12.6 Å². The van der Waals surface area contributed by atoms with Crippen molar-refractivity contribution in [3.05, 3.63) is 53.3 Å². The Balaban J connectivity index is 1.84. The molecule has 1 aromatic carbocycles. The number of aliphatic hydroxyl groups is 1. The monoisotopic (exact) mass is 302 g/mol. The van der Waals surface area contributed by atoms with E-state index in [1.54, 1.807) is 17.8 Å². The number of nitrogens with one attached hydrogen (secondary N) is 2. The zero-order valence-electron chi connectivity index (χ0n) is 13.1. The first-order valence-electron chi connectivity index (χ1n) is 7.17. The van der Waals surface area contributed by atoms with Gasteiger partial charge in [0.1, 0.15) is 5.60 Å². The smallest absolute Gasteiger partial charge is 0.315 e. The minimum atomic E-state index is -1.11. The first-order chi connectivity index (χ1) is 10.4. The van der Waals surface area contributed by atoms with Crippen LogP contribution in [0.15, 0.2) is 36.5 Å². The molecule has 6 nitrogen and oxygen atoms in total. The second-order valence-electron chi connectivity index (χ2n) is 5.55. The standard InChI is InChI=1S/C16H22N4O2/c1-12-13(10-19-20(12)3)9-17-15(21)18-11-16(2,22)14-7-5-4-6-8-14/h4-8,10,22H,9,11H2,1-3H3,(H2,17,18,21). The van der Waals surface area contributed by atoms with Crippen LogP contribution in [0.4, 0.5) is 4.79 Å². The zero-order chi connectivity index (χ0) is 16.2. The number of carbonyl (C=O) groups is 1. The highest BCUT2D eigenvalue weighted by Gasteiger charge is 2.23. The topological polar surface area (TPSA) is 79.2 Å². The molecule has 0 radical (unpaired) electrons. The van der Waals surface area contributed by atoms with E-state index in [0.29, 0.717) is 6.54 Å². The fraction of sp³-hybridized carbons (Fsp3) is 0.375. The summed E-state index contributed by atoms with van der Waals surface area (Å²) in [5.74, 6) is 0. The Bertz CT molecular complexity index is 635. The molecule has 1 heterocycles. The van der Waals surface area contributed by atoms with Crippen molar-refractivity contribution in [1.29, 1.82) is 0 Å². The molecule has 1 unspecified atom stereocenters. The van der Waals surface area contributed by atoms with Crippen LogP contribution in [0.3, 0.4) is 0 Å². The van der Waals surface area contributed by atoms with Crippen molar-refractivity contribution in [3.8, 4) is 0 Å². The Hall–Kier alpha value is -2.34. The van der Waals surface area contributed by atoms with Gasteiger partial charge in [-0.3, -0.25) is 4.68 Å². The molecule has 0 saturated carbocycles. The molecule has 0 aliphatic carbocycles. The summed E-state index contributed by atoms with van der Waals surface area (Å²) in [6.07, 6.45) is 1.73. The molecule has 22 heavy (non-hydrogen) atoms. The zero-order valence-corrected chi connectivity index (χ0v) is 13.1. The molecule has 0 spiro atoms. The fourth-order valence-electron chi connectivity index (χ4n) is 2.11. The molecule has 2 aromatic rings. The number of benzene rings is 1. The van der Waals surface area contributed by atoms with Gasteiger partial charge in [0.25, 0.3) is 0 Å². The van der Waals surface area contributed by atoms with Gasteiger partial charge in [0.05, 0.1) is 12.7 Å². The number of carbonyl (C=O) groups excluding carboxylic acids is 1. The van der Waals surface area contributed by atoms with E-state index in [9.17, 15) is 9.90 Å². The van der Waals surface area contributed by atoms with Crippen LogP contribution in [0, 0.1) is 6.92 Å². The predicted molar refractivity (Wildman–Crippen MR) is 84.2 cm³/mol. The number of hydrogen-bond donors (Lipinski definition) is 3. The molecule has 0 aliphatic heterocycles. The van der Waals surface area contributed by atoms with Crippen molar-refractivity contribution in [1.82, 2.24) is 20.4 Å². The highest BCUT2D eigenvalue weighted by atomic mass is 16.3. The normalized spacial score (nSPS) is 13.5. The van der Waals surface area contributed by atoms with E-state index < -0.39 is 5.60 Å². The van der Waals surface area contributed by atoms with Gasteiger partial charge >= 0.3 is 6.03 Å². The average Bonchev–Trinajstić information content (AvgIpc) is 2.83. The summed E-state index contributed by atoms with van der Waals surface area (Å²) in [5.41, 5.74) is 1.63. The highest BCUT2D eigenvalue weighted by molar-refractivity contribution is 5.73. The number of hydrogen-bond acceptors (Lipinski definition) is 3. The Kier molecular flexibility index (Phi) is 4.82. The number of aryl methyl sites for hydroxylation is 1. The summed E-state index contributed by atoms with van der Waals surface area (Å²) < 4.78 is 1.76. The lowest BCUT2D eigenvalue weighted by Crippen LogP contribution is -2.43. The van der Waals surface area contributed by atoms with Crippen molar-refractivity contribution in [2.45, 2.75) is 26.0 Å². The van der Waals surface area contributed by atoms with Gasteiger partial charge < -0.3 is 15.7 Å². The van der Waals surface area contributed by atoms with Crippen LogP contribution < -0.4 is 10.6 Å². The second-order valence-corrected chi connectivity index (χ2v) is 5.55. The summed E-state index contributed by atoms with van der Waals surface area (Å²) in [5, 5.41) is 20.0. The van der Waals surface area contributed by atoms with Crippen molar-refractivity contribution in [2.75, 3.05) is 6.54 Å². The molecule has 0 saturated heterocycles. The first-order valence-corrected chi connectivity index (χ1v) is 7.17. The Morgan fingerprint density at radius 2 is 2.00 bits per heavy atom. The lowest BCUT2D eigenvalue weighted by molar-refractivity contribution is 0.0594. The maximum absolute atomic E-state index is 11.9. The van der Waals surface area contributed by atoms with Gasteiger partial charge in [-0.2, -0.15) is 5.10 Å². The van der Waals surface area contributed by atoms with Crippen LogP contribution in [-0.2, 0) is 19.2 Å².